The summed E-state index contributed by atoms with van der Waals surface area (Å²) in [6, 6.07) is 0.327. The van der Waals surface area contributed by atoms with Crippen LogP contribution >= 0.6 is 0 Å². The van der Waals surface area contributed by atoms with Gasteiger partial charge in [0.05, 0.1) is 5.56 Å². The number of aromatic nitrogens is 1. The second kappa shape index (κ2) is 3.71. The van der Waals surface area contributed by atoms with Crippen LogP contribution in [-0.4, -0.2) is 17.3 Å². The van der Waals surface area contributed by atoms with Gasteiger partial charge in [-0.2, -0.15) is 4.39 Å². The number of hydrogen-bond donors (Lipinski definition) is 1. The molecule has 15 heavy (non-hydrogen) atoms. The van der Waals surface area contributed by atoms with Gasteiger partial charge in [0, 0.05) is 12.3 Å². The second-order valence-corrected chi connectivity index (χ2v) is 2.42. The van der Waals surface area contributed by atoms with Crippen LogP contribution in [0.15, 0.2) is 12.3 Å². The fourth-order valence-corrected chi connectivity index (χ4v) is 0.807. The molecule has 1 rings (SSSR count). The van der Waals surface area contributed by atoms with Crippen LogP contribution < -0.4 is 10.5 Å². The van der Waals surface area contributed by atoms with Crippen molar-refractivity contribution in [1.82, 2.24) is 4.98 Å². The lowest BCUT2D eigenvalue weighted by atomic mass is 10.2. The largest absolute Gasteiger partial charge is 0.573 e. The third-order valence-corrected chi connectivity index (χ3v) is 1.32. The minimum atomic E-state index is -5.03. The van der Waals surface area contributed by atoms with E-state index in [0.717, 1.165) is 0 Å². The number of primary amides is 1. The SMILES string of the molecule is NC(=O)c1cnc(F)cc1OC(F)(F)F. The Kier molecular flexibility index (Phi) is 2.78. The van der Waals surface area contributed by atoms with Crippen molar-refractivity contribution >= 4 is 5.91 Å². The molecular weight excluding hydrogens is 220 g/mol. The van der Waals surface area contributed by atoms with Gasteiger partial charge in [-0.1, -0.05) is 0 Å². The Balaban J connectivity index is 3.13. The van der Waals surface area contributed by atoms with E-state index >= 15 is 0 Å². The smallest absolute Gasteiger partial charge is 0.405 e. The van der Waals surface area contributed by atoms with Gasteiger partial charge >= 0.3 is 6.36 Å². The number of carbonyl (C=O) groups excluding carboxylic acids is 1. The molecule has 0 saturated carbocycles. The minimum absolute atomic E-state index is 0.327. The first-order chi connectivity index (χ1) is 6.79. The van der Waals surface area contributed by atoms with Crippen molar-refractivity contribution in [2.24, 2.45) is 5.73 Å². The first-order valence-corrected chi connectivity index (χ1v) is 3.50. The van der Waals surface area contributed by atoms with E-state index < -0.39 is 29.5 Å². The number of amides is 1. The van der Waals surface area contributed by atoms with E-state index in [1.165, 1.54) is 0 Å². The predicted octanol–water partition coefficient (Wildman–Crippen LogP) is 1.22. The second-order valence-electron chi connectivity index (χ2n) is 2.42. The van der Waals surface area contributed by atoms with Gasteiger partial charge in [-0.25, -0.2) is 4.98 Å². The molecule has 0 bridgehead atoms. The lowest BCUT2D eigenvalue weighted by Crippen LogP contribution is -2.21. The lowest BCUT2D eigenvalue weighted by molar-refractivity contribution is -0.274. The molecule has 0 unspecified atom stereocenters. The topological polar surface area (TPSA) is 65.2 Å². The Bertz CT molecular complexity index is 391. The lowest BCUT2D eigenvalue weighted by Gasteiger charge is -2.10. The van der Waals surface area contributed by atoms with E-state index in [1.807, 2.05) is 0 Å². The normalized spacial score (nSPS) is 11.2. The predicted molar refractivity (Wildman–Crippen MR) is 39.4 cm³/mol. The van der Waals surface area contributed by atoms with Crippen molar-refractivity contribution in [2.45, 2.75) is 6.36 Å². The van der Waals surface area contributed by atoms with Crippen LogP contribution in [0.5, 0.6) is 5.75 Å². The standard InChI is InChI=1S/C7H4F4N2O2/c8-5-1-4(15-7(9,10)11)3(2-13-5)6(12)14/h1-2H,(H2,12,14). The molecule has 8 heteroatoms. The summed E-state index contributed by atoms with van der Waals surface area (Å²) < 4.78 is 51.3. The molecule has 0 aromatic carbocycles. The zero-order valence-electron chi connectivity index (χ0n) is 7.01. The highest BCUT2D eigenvalue weighted by atomic mass is 19.4. The summed E-state index contributed by atoms with van der Waals surface area (Å²) in [5.74, 6) is -3.41. The van der Waals surface area contributed by atoms with E-state index in [-0.39, 0.29) is 0 Å². The molecule has 0 aliphatic carbocycles. The number of alkyl halides is 3. The Morgan fingerprint density at radius 2 is 2.07 bits per heavy atom. The third kappa shape index (κ3) is 3.08. The van der Waals surface area contributed by atoms with Gasteiger partial charge in [-0.3, -0.25) is 4.79 Å². The third-order valence-electron chi connectivity index (χ3n) is 1.32. The summed E-state index contributed by atoms with van der Waals surface area (Å²) in [6.45, 7) is 0. The molecule has 0 saturated heterocycles. The Morgan fingerprint density at radius 3 is 2.53 bits per heavy atom. The molecule has 0 aliphatic rings. The van der Waals surface area contributed by atoms with Crippen LogP contribution in [0.4, 0.5) is 17.6 Å². The highest BCUT2D eigenvalue weighted by Gasteiger charge is 2.33. The molecule has 1 amide bonds. The summed E-state index contributed by atoms with van der Waals surface area (Å²) in [4.78, 5) is 13.6. The fourth-order valence-electron chi connectivity index (χ4n) is 0.807. The Hall–Kier alpha value is -1.86. The molecule has 0 atom stereocenters. The van der Waals surface area contributed by atoms with Crippen molar-refractivity contribution in [2.75, 3.05) is 0 Å². The van der Waals surface area contributed by atoms with E-state index in [9.17, 15) is 22.4 Å². The number of ether oxygens (including phenoxy) is 1. The average Bonchev–Trinajstić information content (AvgIpc) is 1.99. The highest BCUT2D eigenvalue weighted by molar-refractivity contribution is 5.95. The Labute approximate surface area is 80.7 Å². The summed E-state index contributed by atoms with van der Waals surface area (Å²) >= 11 is 0. The van der Waals surface area contributed by atoms with E-state index in [0.29, 0.717) is 12.3 Å². The maximum Gasteiger partial charge on any atom is 0.573 e. The fraction of sp³-hybridized carbons (Fsp3) is 0.143. The number of hydrogen-bond acceptors (Lipinski definition) is 3. The zero-order chi connectivity index (χ0) is 11.6. The monoisotopic (exact) mass is 224 g/mol. The molecule has 2 N–H and O–H groups in total. The number of nitrogens with zero attached hydrogens (tertiary/aromatic N) is 1. The summed E-state index contributed by atoms with van der Waals surface area (Å²) in [5, 5.41) is 0. The molecule has 0 spiro atoms. The van der Waals surface area contributed by atoms with E-state index in [1.54, 1.807) is 0 Å². The van der Waals surface area contributed by atoms with Crippen molar-refractivity contribution in [3.05, 3.63) is 23.8 Å². The number of nitrogens with two attached hydrogens (primary N) is 1. The first-order valence-electron chi connectivity index (χ1n) is 3.50. The minimum Gasteiger partial charge on any atom is -0.405 e. The number of carbonyl (C=O) groups is 1. The number of halogens is 4. The van der Waals surface area contributed by atoms with Crippen LogP contribution in [0.3, 0.4) is 0 Å². The van der Waals surface area contributed by atoms with Crippen LogP contribution in [0.25, 0.3) is 0 Å². The quantitative estimate of drug-likeness (QED) is 0.606. The molecular formula is C7H4F4N2O2. The van der Waals surface area contributed by atoms with Crippen LogP contribution in [0.2, 0.25) is 0 Å². The van der Waals surface area contributed by atoms with Crippen molar-refractivity contribution in [3.63, 3.8) is 0 Å². The molecule has 0 aliphatic heterocycles. The summed E-state index contributed by atoms with van der Waals surface area (Å²) in [6.07, 6.45) is -4.46. The zero-order valence-corrected chi connectivity index (χ0v) is 7.01. The number of rotatable bonds is 2. The molecule has 0 fully saturated rings. The maximum atomic E-state index is 12.5. The molecule has 82 valence electrons. The van der Waals surface area contributed by atoms with Crippen molar-refractivity contribution < 1.29 is 27.1 Å². The van der Waals surface area contributed by atoms with Crippen LogP contribution in [0.1, 0.15) is 10.4 Å². The van der Waals surface area contributed by atoms with Gasteiger partial charge in [0.25, 0.3) is 5.91 Å². The van der Waals surface area contributed by atoms with Crippen molar-refractivity contribution in [1.29, 1.82) is 0 Å². The summed E-state index contributed by atoms with van der Waals surface area (Å²) in [5.41, 5.74) is 4.09. The van der Waals surface area contributed by atoms with Crippen LogP contribution in [0, 0.1) is 5.95 Å². The van der Waals surface area contributed by atoms with Crippen LogP contribution in [-0.2, 0) is 0 Å². The molecule has 1 aromatic rings. The van der Waals surface area contributed by atoms with E-state index in [2.05, 4.69) is 9.72 Å². The first kappa shape index (κ1) is 11.2. The molecule has 1 aromatic heterocycles. The maximum absolute atomic E-state index is 12.5. The van der Waals surface area contributed by atoms with E-state index in [4.69, 9.17) is 5.73 Å². The van der Waals surface area contributed by atoms with Crippen molar-refractivity contribution in [3.8, 4) is 5.75 Å². The highest BCUT2D eigenvalue weighted by Crippen LogP contribution is 2.25. The molecule has 4 nitrogen and oxygen atoms in total. The van der Waals surface area contributed by atoms with Gasteiger partial charge in [0.15, 0.2) is 0 Å². The number of pyridine rings is 1. The summed E-state index contributed by atoms with van der Waals surface area (Å²) in [7, 11) is 0. The van der Waals surface area contributed by atoms with Gasteiger partial charge in [-0.05, 0) is 0 Å². The van der Waals surface area contributed by atoms with Gasteiger partial charge in [-0.15, -0.1) is 13.2 Å². The Morgan fingerprint density at radius 1 is 1.47 bits per heavy atom. The van der Waals surface area contributed by atoms with Gasteiger partial charge < -0.3 is 10.5 Å². The average molecular weight is 224 g/mol. The molecule has 0 radical (unpaired) electrons. The molecule has 1 heterocycles. The van der Waals surface area contributed by atoms with Gasteiger partial charge in [0.1, 0.15) is 5.75 Å². The van der Waals surface area contributed by atoms with Gasteiger partial charge in [0.2, 0.25) is 5.95 Å².